The lowest BCUT2D eigenvalue weighted by molar-refractivity contribution is 0.0389. The van der Waals surface area contributed by atoms with E-state index < -0.39 is 28.2 Å². The number of amides is 3. The molecule has 0 spiro atoms. The standard InChI is InChI=1S/C24H34N4O6S2/c1-15(2)25-24(31)26-19-9-6-8-18-22(19)34-20(16(3)12-28(23(18)30)17(4)14-29)13-27(5)36(32,33)21-10-7-11-35-21/h6-11,15-17,20,29H,12-14H2,1-5H3,(H2,25,26,31)/t16-,17+,20+/m0/s1. The van der Waals surface area contributed by atoms with E-state index in [0.717, 1.165) is 11.3 Å². The molecule has 0 bridgehead atoms. The van der Waals surface area contributed by atoms with E-state index >= 15 is 0 Å². The van der Waals surface area contributed by atoms with Gasteiger partial charge in [0, 0.05) is 25.6 Å². The predicted octanol–water partition coefficient (Wildman–Crippen LogP) is 2.82. The average Bonchev–Trinajstić information content (AvgIpc) is 3.36. The maximum Gasteiger partial charge on any atom is 0.319 e. The first-order valence-corrected chi connectivity index (χ1v) is 14.1. The summed E-state index contributed by atoms with van der Waals surface area (Å²) in [6.07, 6.45) is -0.652. The molecule has 10 nitrogen and oxygen atoms in total. The highest BCUT2D eigenvalue weighted by Crippen LogP contribution is 2.35. The zero-order chi connectivity index (χ0) is 26.6. The SMILES string of the molecule is CC(C)NC(=O)Nc1cccc2c1O[C@H](CN(C)S(=O)(=O)c1cccs1)[C@@H](C)CN([C@H](C)CO)C2=O. The third-order valence-corrected chi connectivity index (χ3v) is 9.15. The van der Waals surface area contributed by atoms with Crippen LogP contribution < -0.4 is 15.4 Å². The normalized spacial score (nSPS) is 19.3. The van der Waals surface area contributed by atoms with Crippen LogP contribution in [0.1, 0.15) is 38.1 Å². The van der Waals surface area contributed by atoms with Crippen LogP contribution in [0.3, 0.4) is 0 Å². The minimum Gasteiger partial charge on any atom is -0.486 e. The van der Waals surface area contributed by atoms with Gasteiger partial charge in [0.05, 0.1) is 30.4 Å². The lowest BCUT2D eigenvalue weighted by Crippen LogP contribution is -2.50. The zero-order valence-electron chi connectivity index (χ0n) is 21.1. The second kappa shape index (κ2) is 11.6. The van der Waals surface area contributed by atoms with Gasteiger partial charge in [-0.05, 0) is 44.4 Å². The molecule has 3 N–H and O–H groups in total. The fourth-order valence-corrected chi connectivity index (χ4v) is 6.28. The molecule has 3 rings (SSSR count). The number of aliphatic hydroxyl groups excluding tert-OH is 1. The summed E-state index contributed by atoms with van der Waals surface area (Å²) in [5.74, 6) is -0.478. The van der Waals surface area contributed by atoms with Crippen molar-refractivity contribution in [3.63, 3.8) is 0 Å². The number of hydrogen-bond acceptors (Lipinski definition) is 7. The van der Waals surface area contributed by atoms with Crippen molar-refractivity contribution < 1.29 is 27.9 Å². The summed E-state index contributed by atoms with van der Waals surface area (Å²) in [6.45, 7) is 7.29. The van der Waals surface area contributed by atoms with E-state index in [-0.39, 0.29) is 53.1 Å². The molecule has 0 fully saturated rings. The van der Waals surface area contributed by atoms with Crippen molar-refractivity contribution in [1.29, 1.82) is 0 Å². The summed E-state index contributed by atoms with van der Waals surface area (Å²) in [5, 5.41) is 17.0. The molecular formula is C24H34N4O6S2. The lowest BCUT2D eigenvalue weighted by Gasteiger charge is -2.38. The Hall–Kier alpha value is -2.67. The molecule has 1 aliphatic rings. The van der Waals surface area contributed by atoms with Gasteiger partial charge in [0.1, 0.15) is 10.3 Å². The monoisotopic (exact) mass is 538 g/mol. The Balaban J connectivity index is 2.02. The number of nitrogens with zero attached hydrogens (tertiary/aromatic N) is 2. The van der Waals surface area contributed by atoms with Gasteiger partial charge in [-0.3, -0.25) is 4.79 Å². The number of hydrogen-bond donors (Lipinski definition) is 3. The van der Waals surface area contributed by atoms with E-state index in [0.29, 0.717) is 5.69 Å². The van der Waals surface area contributed by atoms with Crippen molar-refractivity contribution >= 4 is 39.0 Å². The number of rotatable bonds is 8. The van der Waals surface area contributed by atoms with Gasteiger partial charge >= 0.3 is 6.03 Å². The van der Waals surface area contributed by atoms with Crippen molar-refractivity contribution in [2.75, 3.05) is 32.1 Å². The molecule has 2 heterocycles. The number of para-hydroxylation sites is 1. The number of aliphatic hydroxyl groups is 1. The summed E-state index contributed by atoms with van der Waals surface area (Å²) in [6, 6.07) is 7.05. The Morgan fingerprint density at radius 3 is 2.61 bits per heavy atom. The highest BCUT2D eigenvalue weighted by molar-refractivity contribution is 7.91. The Morgan fingerprint density at radius 2 is 2.00 bits per heavy atom. The molecule has 1 aromatic carbocycles. The van der Waals surface area contributed by atoms with Crippen LogP contribution in [0, 0.1) is 5.92 Å². The van der Waals surface area contributed by atoms with Gasteiger partial charge < -0.3 is 25.4 Å². The first-order valence-electron chi connectivity index (χ1n) is 11.7. The van der Waals surface area contributed by atoms with Gasteiger partial charge in [-0.2, -0.15) is 4.31 Å². The van der Waals surface area contributed by atoms with Gasteiger partial charge in [0.15, 0.2) is 5.75 Å². The van der Waals surface area contributed by atoms with Gasteiger partial charge in [0.25, 0.3) is 15.9 Å². The van der Waals surface area contributed by atoms with Gasteiger partial charge in [0.2, 0.25) is 0 Å². The molecule has 0 saturated heterocycles. The number of ether oxygens (including phenoxy) is 1. The van der Waals surface area contributed by atoms with Gasteiger partial charge in [-0.15, -0.1) is 11.3 Å². The van der Waals surface area contributed by atoms with E-state index in [2.05, 4.69) is 10.6 Å². The van der Waals surface area contributed by atoms with Crippen molar-refractivity contribution in [3.8, 4) is 5.75 Å². The van der Waals surface area contributed by atoms with Crippen LogP contribution in [0.15, 0.2) is 39.9 Å². The number of urea groups is 1. The van der Waals surface area contributed by atoms with Crippen LogP contribution in [0.2, 0.25) is 0 Å². The molecule has 3 atom stereocenters. The summed E-state index contributed by atoms with van der Waals surface area (Å²) in [7, 11) is -2.24. The fraction of sp³-hybridized carbons (Fsp3) is 0.500. The van der Waals surface area contributed by atoms with E-state index in [1.54, 1.807) is 47.5 Å². The fourth-order valence-electron chi connectivity index (χ4n) is 3.90. The van der Waals surface area contributed by atoms with E-state index in [9.17, 15) is 23.1 Å². The summed E-state index contributed by atoms with van der Waals surface area (Å²) in [5.41, 5.74) is 0.511. The topological polar surface area (TPSA) is 128 Å². The summed E-state index contributed by atoms with van der Waals surface area (Å²) >= 11 is 1.13. The van der Waals surface area contributed by atoms with Gasteiger partial charge in [-0.25, -0.2) is 13.2 Å². The summed E-state index contributed by atoms with van der Waals surface area (Å²) in [4.78, 5) is 27.5. The molecule has 0 aliphatic carbocycles. The molecule has 0 saturated carbocycles. The lowest BCUT2D eigenvalue weighted by atomic mass is 9.99. The molecule has 0 unspecified atom stereocenters. The van der Waals surface area contributed by atoms with Crippen molar-refractivity contribution in [1.82, 2.24) is 14.5 Å². The molecule has 1 aromatic heterocycles. The molecule has 1 aliphatic heterocycles. The second-order valence-corrected chi connectivity index (χ2v) is 12.5. The predicted molar refractivity (Wildman–Crippen MR) is 139 cm³/mol. The number of carbonyl (C=O) groups is 2. The quantitative estimate of drug-likeness (QED) is 0.474. The third-order valence-electron chi connectivity index (χ3n) is 5.96. The van der Waals surface area contributed by atoms with Crippen molar-refractivity contribution in [2.45, 2.75) is 50.1 Å². The number of fused-ring (bicyclic) bond motifs is 1. The largest absolute Gasteiger partial charge is 0.486 e. The van der Waals surface area contributed by atoms with E-state index in [1.165, 1.54) is 11.4 Å². The van der Waals surface area contributed by atoms with Crippen LogP contribution in [0.25, 0.3) is 0 Å². The smallest absolute Gasteiger partial charge is 0.319 e. The number of benzene rings is 1. The Morgan fingerprint density at radius 1 is 1.28 bits per heavy atom. The maximum atomic E-state index is 13.5. The number of sulfonamides is 1. The van der Waals surface area contributed by atoms with Crippen molar-refractivity contribution in [2.24, 2.45) is 5.92 Å². The molecule has 3 amide bonds. The minimum atomic E-state index is -3.73. The second-order valence-electron chi connectivity index (χ2n) is 9.28. The Labute approximate surface area is 216 Å². The number of nitrogens with one attached hydrogen (secondary N) is 2. The maximum absolute atomic E-state index is 13.5. The number of thiophene rings is 1. The van der Waals surface area contributed by atoms with Crippen molar-refractivity contribution in [3.05, 3.63) is 41.3 Å². The van der Waals surface area contributed by atoms with E-state index in [1.807, 2.05) is 20.8 Å². The number of likely N-dealkylation sites (N-methyl/N-ethyl adjacent to an activating group) is 1. The molecule has 198 valence electrons. The Bertz CT molecular complexity index is 1170. The van der Waals surface area contributed by atoms with E-state index in [4.69, 9.17) is 4.74 Å². The van der Waals surface area contributed by atoms with Crippen LogP contribution in [-0.2, 0) is 10.0 Å². The van der Waals surface area contributed by atoms with Crippen LogP contribution in [0.4, 0.5) is 10.5 Å². The first kappa shape index (κ1) is 27.9. The van der Waals surface area contributed by atoms with Crippen LogP contribution >= 0.6 is 11.3 Å². The first-order chi connectivity index (χ1) is 16.9. The molecule has 36 heavy (non-hydrogen) atoms. The number of carbonyl (C=O) groups excluding carboxylic acids is 2. The molecule has 12 heteroatoms. The van der Waals surface area contributed by atoms with Crippen LogP contribution in [-0.4, -0.2) is 79.6 Å². The third kappa shape index (κ3) is 6.17. The summed E-state index contributed by atoms with van der Waals surface area (Å²) < 4.78 is 34.0. The Kier molecular flexibility index (Phi) is 8.98. The minimum absolute atomic E-state index is 0.0168. The number of anilines is 1. The van der Waals surface area contributed by atoms with Gasteiger partial charge in [-0.1, -0.05) is 19.1 Å². The molecular weight excluding hydrogens is 504 g/mol. The van der Waals surface area contributed by atoms with Crippen LogP contribution in [0.5, 0.6) is 5.75 Å². The highest BCUT2D eigenvalue weighted by atomic mass is 32.2. The average molecular weight is 539 g/mol. The highest BCUT2D eigenvalue weighted by Gasteiger charge is 2.36. The molecule has 2 aromatic rings. The zero-order valence-corrected chi connectivity index (χ0v) is 22.7. The molecule has 0 radical (unpaired) electrons.